The molecule has 0 unspecified atom stereocenters. The molecule has 1 N–H and O–H groups in total. The SMILES string of the molecule is O=C(C[C@@H]1CCC[C@H](C(=O)Nc2cc(-c3cnn4c3CCCC4)c(Cl)cn2)C1)[C@@H]1CCOC1. The summed E-state index contributed by atoms with van der Waals surface area (Å²) in [5, 5.41) is 8.08. The third-order valence-corrected chi connectivity index (χ3v) is 7.71. The van der Waals surface area contributed by atoms with E-state index in [0.717, 1.165) is 69.0 Å². The Labute approximate surface area is 199 Å². The molecule has 8 heteroatoms. The van der Waals surface area contributed by atoms with Crippen molar-refractivity contribution in [1.82, 2.24) is 14.8 Å². The van der Waals surface area contributed by atoms with Gasteiger partial charge in [0.25, 0.3) is 0 Å². The van der Waals surface area contributed by atoms with Gasteiger partial charge >= 0.3 is 0 Å². The lowest BCUT2D eigenvalue weighted by Crippen LogP contribution is -2.30. The van der Waals surface area contributed by atoms with Crippen LogP contribution in [0.4, 0.5) is 5.82 Å². The number of nitrogens with one attached hydrogen (secondary N) is 1. The van der Waals surface area contributed by atoms with Crippen molar-refractivity contribution >= 4 is 29.1 Å². The fraction of sp³-hybridized carbons (Fsp3) is 0.600. The molecular weight excluding hydrogens is 440 g/mol. The Balaban J connectivity index is 1.24. The van der Waals surface area contributed by atoms with Crippen molar-refractivity contribution in [3.05, 3.63) is 29.2 Å². The lowest BCUT2D eigenvalue weighted by molar-refractivity contribution is -0.126. The average molecular weight is 471 g/mol. The minimum atomic E-state index is -0.0961. The summed E-state index contributed by atoms with van der Waals surface area (Å²) in [7, 11) is 0. The highest BCUT2D eigenvalue weighted by Gasteiger charge is 2.31. The topological polar surface area (TPSA) is 86.1 Å². The number of halogens is 1. The van der Waals surface area contributed by atoms with E-state index in [9.17, 15) is 9.59 Å². The number of aryl methyl sites for hydroxylation is 1. The van der Waals surface area contributed by atoms with E-state index < -0.39 is 0 Å². The Morgan fingerprint density at radius 3 is 2.88 bits per heavy atom. The van der Waals surface area contributed by atoms with Gasteiger partial charge in [-0.25, -0.2) is 4.98 Å². The zero-order chi connectivity index (χ0) is 22.8. The fourth-order valence-electron chi connectivity index (χ4n) is 5.54. The number of anilines is 1. The van der Waals surface area contributed by atoms with Crippen LogP contribution in [0.2, 0.25) is 5.02 Å². The molecule has 1 saturated carbocycles. The number of ketones is 1. The quantitative estimate of drug-likeness (QED) is 0.662. The summed E-state index contributed by atoms with van der Waals surface area (Å²) >= 11 is 6.48. The first-order valence-electron chi connectivity index (χ1n) is 12.2. The minimum Gasteiger partial charge on any atom is -0.381 e. The molecule has 0 spiro atoms. The van der Waals surface area contributed by atoms with Crippen LogP contribution in [0, 0.1) is 17.8 Å². The van der Waals surface area contributed by atoms with Gasteiger partial charge in [-0.05, 0) is 56.9 Å². The molecule has 4 heterocycles. The summed E-state index contributed by atoms with van der Waals surface area (Å²) in [6, 6.07) is 1.86. The van der Waals surface area contributed by atoms with Crippen molar-refractivity contribution in [2.24, 2.45) is 17.8 Å². The molecule has 3 atom stereocenters. The summed E-state index contributed by atoms with van der Waals surface area (Å²) in [5.74, 6) is 1.01. The standard InChI is InChI=1S/C25H31ClN4O3/c26-21-14-27-24(12-19(21)20-13-28-30-8-2-1-6-22(20)30)29-25(32)17-5-3-4-16(10-17)11-23(31)18-7-9-33-15-18/h12-14,16-18H,1-11,15H2,(H,27,29,32)/t16-,17+,18-/m1/s1. The summed E-state index contributed by atoms with van der Waals surface area (Å²) < 4.78 is 7.41. The zero-order valence-corrected chi connectivity index (χ0v) is 19.6. The van der Waals surface area contributed by atoms with Crippen LogP contribution in [0.25, 0.3) is 11.1 Å². The van der Waals surface area contributed by atoms with E-state index in [1.54, 1.807) is 6.20 Å². The van der Waals surface area contributed by atoms with E-state index in [0.29, 0.717) is 36.3 Å². The molecule has 3 aliphatic rings. The Morgan fingerprint density at radius 2 is 2.03 bits per heavy atom. The van der Waals surface area contributed by atoms with Crippen LogP contribution < -0.4 is 5.32 Å². The highest BCUT2D eigenvalue weighted by Crippen LogP contribution is 2.36. The largest absolute Gasteiger partial charge is 0.381 e. The van der Waals surface area contributed by atoms with Crippen LogP contribution in [0.5, 0.6) is 0 Å². The van der Waals surface area contributed by atoms with Gasteiger partial charge in [0.15, 0.2) is 0 Å². The Morgan fingerprint density at radius 1 is 1.12 bits per heavy atom. The predicted octanol–water partition coefficient (Wildman–Crippen LogP) is 4.68. The maximum absolute atomic E-state index is 13.1. The summed E-state index contributed by atoms with van der Waals surface area (Å²) in [6.07, 6.45) is 11.7. The van der Waals surface area contributed by atoms with Gasteiger partial charge in [0.2, 0.25) is 5.91 Å². The Bertz CT molecular complexity index is 1030. The molecule has 0 bridgehead atoms. The third-order valence-electron chi connectivity index (χ3n) is 7.41. The average Bonchev–Trinajstić information content (AvgIpc) is 3.51. The number of pyridine rings is 1. The first-order chi connectivity index (χ1) is 16.1. The maximum Gasteiger partial charge on any atom is 0.228 e. The normalized spacial score (nSPS) is 24.9. The van der Waals surface area contributed by atoms with Gasteiger partial charge in [0.05, 0.1) is 17.8 Å². The number of rotatable bonds is 6. The number of nitrogens with zero attached hydrogens (tertiary/aromatic N) is 3. The van der Waals surface area contributed by atoms with Gasteiger partial charge < -0.3 is 10.1 Å². The van der Waals surface area contributed by atoms with Crippen LogP contribution in [0.1, 0.15) is 57.1 Å². The molecule has 5 rings (SSSR count). The van der Waals surface area contributed by atoms with Crippen molar-refractivity contribution in [2.45, 2.75) is 64.3 Å². The molecule has 0 radical (unpaired) electrons. The zero-order valence-electron chi connectivity index (χ0n) is 18.9. The maximum atomic E-state index is 13.1. The first-order valence-corrected chi connectivity index (χ1v) is 12.6. The number of carbonyl (C=O) groups is 2. The van der Waals surface area contributed by atoms with E-state index >= 15 is 0 Å². The lowest BCUT2D eigenvalue weighted by Gasteiger charge is -2.28. The predicted molar refractivity (Wildman–Crippen MR) is 126 cm³/mol. The van der Waals surface area contributed by atoms with Gasteiger partial charge in [-0.2, -0.15) is 5.10 Å². The van der Waals surface area contributed by atoms with Crippen molar-refractivity contribution in [1.29, 1.82) is 0 Å². The molecule has 176 valence electrons. The molecule has 33 heavy (non-hydrogen) atoms. The van der Waals surface area contributed by atoms with Crippen molar-refractivity contribution < 1.29 is 14.3 Å². The van der Waals surface area contributed by atoms with Crippen LogP contribution in [0.15, 0.2) is 18.5 Å². The van der Waals surface area contributed by atoms with E-state index in [-0.39, 0.29) is 23.7 Å². The molecule has 1 saturated heterocycles. The van der Waals surface area contributed by atoms with E-state index in [1.807, 2.05) is 12.3 Å². The fourth-order valence-corrected chi connectivity index (χ4v) is 5.75. The van der Waals surface area contributed by atoms with E-state index in [4.69, 9.17) is 16.3 Å². The second-order valence-electron chi connectivity index (χ2n) is 9.68. The van der Waals surface area contributed by atoms with Gasteiger partial charge in [0.1, 0.15) is 11.6 Å². The summed E-state index contributed by atoms with van der Waals surface area (Å²) in [6.45, 7) is 2.17. The summed E-state index contributed by atoms with van der Waals surface area (Å²) in [5.41, 5.74) is 3.07. The number of amides is 1. The molecular formula is C25H31ClN4O3. The molecule has 2 aromatic rings. The second-order valence-corrected chi connectivity index (χ2v) is 10.1. The Kier molecular flexibility index (Phi) is 6.79. The Hall–Kier alpha value is -2.25. The molecule has 7 nitrogen and oxygen atoms in total. The molecule has 0 aromatic carbocycles. The monoisotopic (exact) mass is 470 g/mol. The highest BCUT2D eigenvalue weighted by molar-refractivity contribution is 6.33. The van der Waals surface area contributed by atoms with Gasteiger partial charge in [0, 0.05) is 54.4 Å². The molecule has 2 fully saturated rings. The van der Waals surface area contributed by atoms with E-state index in [2.05, 4.69) is 20.1 Å². The van der Waals surface area contributed by atoms with Crippen LogP contribution >= 0.6 is 11.6 Å². The minimum absolute atomic E-state index is 0.0193. The third kappa shape index (κ3) is 4.99. The summed E-state index contributed by atoms with van der Waals surface area (Å²) in [4.78, 5) is 30.0. The second kappa shape index (κ2) is 9.94. The van der Waals surface area contributed by atoms with Crippen LogP contribution in [-0.4, -0.2) is 39.7 Å². The smallest absolute Gasteiger partial charge is 0.228 e. The number of ether oxygens (including phenoxy) is 1. The first kappa shape index (κ1) is 22.5. The molecule has 1 aliphatic carbocycles. The number of aromatic nitrogens is 3. The number of fused-ring (bicyclic) bond motifs is 1. The molecule has 1 amide bonds. The number of hydrogen-bond acceptors (Lipinski definition) is 5. The van der Waals surface area contributed by atoms with Gasteiger partial charge in [-0.3, -0.25) is 14.3 Å². The van der Waals surface area contributed by atoms with Crippen LogP contribution in [-0.2, 0) is 27.3 Å². The van der Waals surface area contributed by atoms with Crippen molar-refractivity contribution in [2.75, 3.05) is 18.5 Å². The number of carbonyl (C=O) groups excluding carboxylic acids is 2. The molecule has 2 aliphatic heterocycles. The van der Waals surface area contributed by atoms with E-state index in [1.165, 1.54) is 5.69 Å². The lowest BCUT2D eigenvalue weighted by atomic mass is 9.77. The van der Waals surface area contributed by atoms with Crippen LogP contribution in [0.3, 0.4) is 0 Å². The number of hydrogen-bond donors (Lipinski definition) is 1. The number of Topliss-reactive ketones (excluding diaryl/α,β-unsaturated/α-hetero) is 1. The highest BCUT2D eigenvalue weighted by atomic mass is 35.5. The van der Waals surface area contributed by atoms with Gasteiger partial charge in [-0.15, -0.1) is 0 Å². The van der Waals surface area contributed by atoms with Crippen molar-refractivity contribution in [3.63, 3.8) is 0 Å². The molecule has 2 aromatic heterocycles. The van der Waals surface area contributed by atoms with Gasteiger partial charge in [-0.1, -0.05) is 18.0 Å². The van der Waals surface area contributed by atoms with Crippen molar-refractivity contribution in [3.8, 4) is 11.1 Å².